The van der Waals surface area contributed by atoms with Crippen LogP contribution in [0.15, 0.2) is 231 Å². The molecule has 0 spiro atoms. The molecule has 0 aromatic heterocycles. The van der Waals surface area contributed by atoms with Crippen LogP contribution < -0.4 is 0 Å². The topological polar surface area (TPSA) is 0 Å². The van der Waals surface area contributed by atoms with E-state index in [0.29, 0.717) is 0 Å². The third-order valence-electron chi connectivity index (χ3n) is 13.4. The third-order valence-corrected chi connectivity index (χ3v) is 13.4. The molecular weight excluding hydrogens is 745 g/mol. The standard InChI is InChI=1S/C62H38/c1-4-19-39(20-5-1)43-25-10-11-26-46(43)58-48-28-13-15-30-52(48)62-60-50(34-18-36-54(58)60)49-33-17-35-53-57(47-27-12-14-29-51(47)61(62)59(49)53)42-37-55(41-23-8-3-9-24-41)45-32-16-31-44(56(45)38-42)40-21-6-2-7-22-40/h1-38H. The average Bonchev–Trinajstić information content (AvgIpc) is 3.35. The average molecular weight is 783 g/mol. The SMILES string of the molecule is c1ccc(-c2ccccc2-c2c3ccccc3c3c4c2cccc4c2cccc4c(-c5cc(-c6ccccc6)c6cccc(-c7ccccc7)c6c5)c5ccccc5c3c42)cc1. The summed E-state index contributed by atoms with van der Waals surface area (Å²) in [6, 6.07) is 85.5. The van der Waals surface area contributed by atoms with Crippen molar-refractivity contribution in [2.45, 2.75) is 0 Å². The highest BCUT2D eigenvalue weighted by atomic mass is 14.3. The summed E-state index contributed by atoms with van der Waals surface area (Å²) < 4.78 is 0. The second-order valence-electron chi connectivity index (χ2n) is 16.6. The van der Waals surface area contributed by atoms with Gasteiger partial charge in [-0.05, 0) is 143 Å². The zero-order valence-electron chi connectivity index (χ0n) is 33.9. The van der Waals surface area contributed by atoms with Gasteiger partial charge in [-0.25, -0.2) is 0 Å². The number of hydrogen-bond donors (Lipinski definition) is 0. The van der Waals surface area contributed by atoms with E-state index in [-0.39, 0.29) is 0 Å². The van der Waals surface area contributed by atoms with Gasteiger partial charge in [0.15, 0.2) is 0 Å². The Morgan fingerprint density at radius 1 is 0.161 bits per heavy atom. The van der Waals surface area contributed by atoms with Gasteiger partial charge >= 0.3 is 0 Å². The lowest BCUT2D eigenvalue weighted by Gasteiger charge is -2.24. The molecular formula is C62H38. The van der Waals surface area contributed by atoms with Crippen molar-refractivity contribution in [1.29, 1.82) is 0 Å². The molecule has 286 valence electrons. The number of hydrogen-bond acceptors (Lipinski definition) is 0. The van der Waals surface area contributed by atoms with Crippen LogP contribution in [0, 0.1) is 0 Å². The Morgan fingerprint density at radius 3 is 1.13 bits per heavy atom. The van der Waals surface area contributed by atoms with Gasteiger partial charge in [-0.2, -0.15) is 0 Å². The Labute approximate surface area is 359 Å². The summed E-state index contributed by atoms with van der Waals surface area (Å²) in [5.41, 5.74) is 12.4. The quantitative estimate of drug-likeness (QED) is 0.120. The van der Waals surface area contributed by atoms with Crippen molar-refractivity contribution >= 4 is 75.4 Å². The molecule has 0 unspecified atom stereocenters. The lowest BCUT2D eigenvalue weighted by molar-refractivity contribution is 1.61. The van der Waals surface area contributed by atoms with Crippen LogP contribution in [0.2, 0.25) is 0 Å². The molecule has 13 rings (SSSR count). The fourth-order valence-corrected chi connectivity index (χ4v) is 10.9. The molecule has 0 atom stereocenters. The van der Waals surface area contributed by atoms with E-state index in [1.54, 1.807) is 0 Å². The summed E-state index contributed by atoms with van der Waals surface area (Å²) in [7, 11) is 0. The van der Waals surface area contributed by atoms with Gasteiger partial charge in [-0.15, -0.1) is 0 Å². The van der Waals surface area contributed by atoms with Crippen molar-refractivity contribution in [3.05, 3.63) is 231 Å². The molecule has 0 heterocycles. The molecule has 0 fully saturated rings. The molecule has 0 N–H and O–H groups in total. The minimum atomic E-state index is 1.22. The summed E-state index contributed by atoms with van der Waals surface area (Å²) in [4.78, 5) is 0. The van der Waals surface area contributed by atoms with Crippen molar-refractivity contribution in [2.75, 3.05) is 0 Å². The Morgan fingerprint density at radius 2 is 0.532 bits per heavy atom. The first kappa shape index (κ1) is 34.8. The lowest BCUT2D eigenvalue weighted by Crippen LogP contribution is -1.96. The van der Waals surface area contributed by atoms with Gasteiger partial charge in [0.2, 0.25) is 0 Å². The third kappa shape index (κ3) is 5.08. The number of benzene rings is 13. The molecule has 0 saturated carbocycles. The molecule has 62 heavy (non-hydrogen) atoms. The Hall–Kier alpha value is -8.06. The van der Waals surface area contributed by atoms with Gasteiger partial charge < -0.3 is 0 Å². The van der Waals surface area contributed by atoms with Gasteiger partial charge in [0, 0.05) is 0 Å². The van der Waals surface area contributed by atoms with E-state index in [1.165, 1.54) is 131 Å². The smallest absolute Gasteiger partial charge is 0.000740 e. The van der Waals surface area contributed by atoms with Gasteiger partial charge in [0.05, 0.1) is 0 Å². The monoisotopic (exact) mass is 782 g/mol. The van der Waals surface area contributed by atoms with Crippen LogP contribution in [0.3, 0.4) is 0 Å². The molecule has 13 aromatic rings. The Kier molecular flexibility index (Phi) is 7.71. The van der Waals surface area contributed by atoms with Crippen molar-refractivity contribution in [3.63, 3.8) is 0 Å². The zero-order chi connectivity index (χ0) is 40.7. The van der Waals surface area contributed by atoms with E-state index < -0.39 is 0 Å². The minimum absolute atomic E-state index is 1.22. The lowest BCUT2D eigenvalue weighted by atomic mass is 9.79. The molecule has 0 radical (unpaired) electrons. The molecule has 13 aromatic carbocycles. The summed E-state index contributed by atoms with van der Waals surface area (Å²) in [6.45, 7) is 0. The first-order valence-corrected chi connectivity index (χ1v) is 21.6. The maximum atomic E-state index is 2.46. The van der Waals surface area contributed by atoms with Gasteiger partial charge in [0.1, 0.15) is 0 Å². The molecule has 0 aliphatic rings. The predicted octanol–water partition coefficient (Wildman–Crippen LogP) is 17.5. The van der Waals surface area contributed by atoms with Gasteiger partial charge in [-0.1, -0.05) is 218 Å². The molecule has 0 nitrogen and oxygen atoms in total. The highest BCUT2D eigenvalue weighted by Gasteiger charge is 2.25. The maximum Gasteiger partial charge on any atom is -0.000740 e. The van der Waals surface area contributed by atoms with Crippen molar-refractivity contribution in [3.8, 4) is 55.6 Å². The van der Waals surface area contributed by atoms with E-state index in [1.807, 2.05) is 0 Å². The summed E-state index contributed by atoms with van der Waals surface area (Å²) >= 11 is 0. The first-order valence-electron chi connectivity index (χ1n) is 21.6. The molecule has 0 aliphatic carbocycles. The minimum Gasteiger partial charge on any atom is -0.0622 e. The molecule has 0 aliphatic heterocycles. The van der Waals surface area contributed by atoms with Crippen LogP contribution in [-0.2, 0) is 0 Å². The molecule has 0 amide bonds. The normalized spacial score (nSPS) is 11.9. The maximum absolute atomic E-state index is 2.46. The van der Waals surface area contributed by atoms with Gasteiger partial charge in [0.25, 0.3) is 0 Å². The van der Waals surface area contributed by atoms with Crippen molar-refractivity contribution < 1.29 is 0 Å². The van der Waals surface area contributed by atoms with Crippen LogP contribution in [0.25, 0.3) is 131 Å². The van der Waals surface area contributed by atoms with Crippen LogP contribution in [0.1, 0.15) is 0 Å². The van der Waals surface area contributed by atoms with E-state index in [0.717, 1.165) is 0 Å². The van der Waals surface area contributed by atoms with E-state index in [9.17, 15) is 0 Å². The summed E-state index contributed by atoms with van der Waals surface area (Å²) in [5, 5.41) is 18.0. The second kappa shape index (κ2) is 13.7. The number of fused-ring (bicyclic) bond motifs is 7. The van der Waals surface area contributed by atoms with Crippen molar-refractivity contribution in [1.82, 2.24) is 0 Å². The molecule has 0 heteroatoms. The highest BCUT2D eigenvalue weighted by molar-refractivity contribution is 6.45. The van der Waals surface area contributed by atoms with Gasteiger partial charge in [-0.3, -0.25) is 0 Å². The van der Waals surface area contributed by atoms with Crippen LogP contribution >= 0.6 is 0 Å². The molecule has 0 saturated heterocycles. The first-order chi connectivity index (χ1) is 30.8. The van der Waals surface area contributed by atoms with Crippen LogP contribution in [0.4, 0.5) is 0 Å². The number of rotatable bonds is 5. The Balaban J connectivity index is 1.20. The summed E-state index contributed by atoms with van der Waals surface area (Å²) in [6.07, 6.45) is 0. The van der Waals surface area contributed by atoms with E-state index in [2.05, 4.69) is 231 Å². The molecule has 0 bridgehead atoms. The summed E-state index contributed by atoms with van der Waals surface area (Å²) in [5.74, 6) is 0. The van der Waals surface area contributed by atoms with E-state index >= 15 is 0 Å². The zero-order valence-corrected chi connectivity index (χ0v) is 33.9. The fraction of sp³-hybridized carbons (Fsp3) is 0. The Bertz CT molecular complexity index is 3880. The largest absolute Gasteiger partial charge is 0.0622 e. The second-order valence-corrected chi connectivity index (χ2v) is 16.6. The predicted molar refractivity (Wildman–Crippen MR) is 267 cm³/mol. The van der Waals surface area contributed by atoms with E-state index in [4.69, 9.17) is 0 Å². The van der Waals surface area contributed by atoms with Crippen LogP contribution in [-0.4, -0.2) is 0 Å². The highest BCUT2D eigenvalue weighted by Crippen LogP contribution is 2.53. The fourth-order valence-electron chi connectivity index (χ4n) is 10.9. The van der Waals surface area contributed by atoms with Crippen LogP contribution in [0.5, 0.6) is 0 Å². The van der Waals surface area contributed by atoms with Crippen molar-refractivity contribution in [2.24, 2.45) is 0 Å².